The molecule has 1 aliphatic heterocycles. The standard InChI is InChI=1S/C8H13ClN4S/c1-8(2-3-10-5-8)11-4-6-7(9)14-13-12-6/h10-11H,2-5H2,1H3. The average molecular weight is 233 g/mol. The van der Waals surface area contributed by atoms with Gasteiger partial charge in [0.15, 0.2) is 0 Å². The number of hydrogen-bond donors (Lipinski definition) is 2. The first-order chi connectivity index (χ1) is 6.70. The van der Waals surface area contributed by atoms with E-state index in [1.54, 1.807) is 0 Å². The number of hydrogen-bond acceptors (Lipinski definition) is 5. The van der Waals surface area contributed by atoms with Crippen molar-refractivity contribution in [2.75, 3.05) is 13.1 Å². The Balaban J connectivity index is 1.91. The normalized spacial score (nSPS) is 27.0. The van der Waals surface area contributed by atoms with E-state index in [9.17, 15) is 0 Å². The highest BCUT2D eigenvalue weighted by Gasteiger charge is 2.27. The van der Waals surface area contributed by atoms with Gasteiger partial charge in [0.25, 0.3) is 0 Å². The van der Waals surface area contributed by atoms with Gasteiger partial charge in [0.1, 0.15) is 10.0 Å². The third-order valence-electron chi connectivity index (χ3n) is 2.56. The monoisotopic (exact) mass is 232 g/mol. The molecule has 1 aromatic heterocycles. The van der Waals surface area contributed by atoms with Crippen molar-refractivity contribution in [1.29, 1.82) is 0 Å². The van der Waals surface area contributed by atoms with Crippen LogP contribution in [0, 0.1) is 0 Å². The van der Waals surface area contributed by atoms with Gasteiger partial charge >= 0.3 is 0 Å². The molecule has 2 N–H and O–H groups in total. The first-order valence-electron chi connectivity index (χ1n) is 4.62. The van der Waals surface area contributed by atoms with Gasteiger partial charge in [0, 0.05) is 30.2 Å². The lowest BCUT2D eigenvalue weighted by atomic mass is 10.0. The summed E-state index contributed by atoms with van der Waals surface area (Å²) in [5, 5.41) is 10.7. The van der Waals surface area contributed by atoms with Gasteiger partial charge in [-0.05, 0) is 19.9 Å². The largest absolute Gasteiger partial charge is 0.315 e. The van der Waals surface area contributed by atoms with Crippen LogP contribution in [-0.2, 0) is 6.54 Å². The second kappa shape index (κ2) is 4.10. The van der Waals surface area contributed by atoms with Crippen LogP contribution in [0.2, 0.25) is 4.34 Å². The summed E-state index contributed by atoms with van der Waals surface area (Å²) in [4.78, 5) is 0. The lowest BCUT2D eigenvalue weighted by Gasteiger charge is -2.23. The van der Waals surface area contributed by atoms with Gasteiger partial charge in [-0.2, -0.15) is 0 Å². The quantitative estimate of drug-likeness (QED) is 0.818. The average Bonchev–Trinajstić information content (AvgIpc) is 2.73. The lowest BCUT2D eigenvalue weighted by Crippen LogP contribution is -2.43. The molecule has 0 aliphatic carbocycles. The summed E-state index contributed by atoms with van der Waals surface area (Å²) in [6, 6.07) is 0. The van der Waals surface area contributed by atoms with Crippen molar-refractivity contribution in [2.45, 2.75) is 25.4 Å². The zero-order valence-corrected chi connectivity index (χ0v) is 9.58. The van der Waals surface area contributed by atoms with Gasteiger partial charge < -0.3 is 10.6 Å². The number of halogens is 1. The van der Waals surface area contributed by atoms with Crippen molar-refractivity contribution in [3.05, 3.63) is 10.0 Å². The van der Waals surface area contributed by atoms with Gasteiger partial charge in [0.05, 0.1) is 0 Å². The zero-order chi connectivity index (χ0) is 10.0. The molecule has 1 aliphatic rings. The van der Waals surface area contributed by atoms with Crippen LogP contribution in [0.15, 0.2) is 0 Å². The van der Waals surface area contributed by atoms with E-state index in [2.05, 4.69) is 27.1 Å². The van der Waals surface area contributed by atoms with Crippen molar-refractivity contribution in [3.63, 3.8) is 0 Å². The predicted octanol–water partition coefficient (Wildman–Crippen LogP) is 1.03. The maximum absolute atomic E-state index is 5.91. The molecular formula is C8H13ClN4S. The predicted molar refractivity (Wildman–Crippen MR) is 57.7 cm³/mol. The molecule has 14 heavy (non-hydrogen) atoms. The van der Waals surface area contributed by atoms with Crippen LogP contribution in [0.3, 0.4) is 0 Å². The van der Waals surface area contributed by atoms with Crippen LogP contribution in [0.25, 0.3) is 0 Å². The Hall–Kier alpha value is -0.230. The molecule has 0 aromatic carbocycles. The summed E-state index contributed by atoms with van der Waals surface area (Å²) >= 11 is 7.14. The van der Waals surface area contributed by atoms with Crippen molar-refractivity contribution in [2.24, 2.45) is 0 Å². The molecule has 0 saturated carbocycles. The second-order valence-electron chi connectivity index (χ2n) is 3.83. The van der Waals surface area contributed by atoms with E-state index in [1.807, 2.05) is 0 Å². The van der Waals surface area contributed by atoms with Crippen LogP contribution in [0.4, 0.5) is 0 Å². The highest BCUT2D eigenvalue weighted by atomic mass is 35.5. The van der Waals surface area contributed by atoms with Gasteiger partial charge in [-0.1, -0.05) is 16.1 Å². The van der Waals surface area contributed by atoms with Crippen molar-refractivity contribution < 1.29 is 0 Å². The Morgan fingerprint density at radius 1 is 1.71 bits per heavy atom. The minimum Gasteiger partial charge on any atom is -0.315 e. The van der Waals surface area contributed by atoms with Gasteiger partial charge in [-0.25, -0.2) is 0 Å². The minimum absolute atomic E-state index is 0.174. The van der Waals surface area contributed by atoms with Gasteiger partial charge in [-0.3, -0.25) is 0 Å². The molecule has 78 valence electrons. The highest BCUT2D eigenvalue weighted by Crippen LogP contribution is 2.19. The van der Waals surface area contributed by atoms with Crippen molar-refractivity contribution >= 4 is 23.1 Å². The first kappa shape index (κ1) is 10.3. The van der Waals surface area contributed by atoms with Crippen LogP contribution >= 0.6 is 23.1 Å². The molecule has 0 bridgehead atoms. The van der Waals surface area contributed by atoms with Gasteiger partial charge in [0.2, 0.25) is 0 Å². The summed E-state index contributed by atoms with van der Waals surface area (Å²) in [5.74, 6) is 0. The number of nitrogens with zero attached hydrogens (tertiary/aromatic N) is 2. The summed E-state index contributed by atoms with van der Waals surface area (Å²) in [6.45, 7) is 4.99. The smallest absolute Gasteiger partial charge is 0.138 e. The summed E-state index contributed by atoms with van der Waals surface area (Å²) in [5.41, 5.74) is 1.03. The molecule has 2 heterocycles. The fourth-order valence-corrected chi connectivity index (χ4v) is 2.19. The summed E-state index contributed by atoms with van der Waals surface area (Å²) in [6.07, 6.45) is 1.14. The molecule has 1 saturated heterocycles. The van der Waals surface area contributed by atoms with E-state index in [-0.39, 0.29) is 5.54 Å². The number of rotatable bonds is 3. The van der Waals surface area contributed by atoms with Crippen LogP contribution in [0.1, 0.15) is 19.0 Å². The highest BCUT2D eigenvalue weighted by molar-refractivity contribution is 7.10. The minimum atomic E-state index is 0.174. The van der Waals surface area contributed by atoms with Crippen molar-refractivity contribution in [3.8, 4) is 0 Å². The Labute approximate surface area is 92.2 Å². The van der Waals surface area contributed by atoms with E-state index >= 15 is 0 Å². The van der Waals surface area contributed by atoms with E-state index < -0.39 is 0 Å². The van der Waals surface area contributed by atoms with E-state index in [1.165, 1.54) is 11.5 Å². The Morgan fingerprint density at radius 3 is 3.14 bits per heavy atom. The maximum atomic E-state index is 5.91. The molecule has 1 fully saturated rings. The molecule has 0 amide bonds. The summed E-state index contributed by atoms with van der Waals surface area (Å²) < 4.78 is 4.48. The van der Waals surface area contributed by atoms with E-state index in [0.29, 0.717) is 10.9 Å². The molecular weight excluding hydrogens is 220 g/mol. The second-order valence-corrected chi connectivity index (χ2v) is 5.19. The molecule has 0 radical (unpaired) electrons. The fourth-order valence-electron chi connectivity index (χ4n) is 1.57. The Kier molecular flexibility index (Phi) is 3.02. The third-order valence-corrected chi connectivity index (χ3v) is 3.55. The molecule has 6 heteroatoms. The van der Waals surface area contributed by atoms with Gasteiger partial charge in [-0.15, -0.1) is 5.10 Å². The Bertz CT molecular complexity index is 308. The maximum Gasteiger partial charge on any atom is 0.138 e. The van der Waals surface area contributed by atoms with E-state index in [0.717, 1.165) is 25.2 Å². The zero-order valence-electron chi connectivity index (χ0n) is 8.01. The SMILES string of the molecule is CC1(NCc2nnsc2Cl)CCNC1. The van der Waals surface area contributed by atoms with Crippen LogP contribution in [0.5, 0.6) is 0 Å². The third kappa shape index (κ3) is 2.23. The summed E-state index contributed by atoms with van der Waals surface area (Å²) in [7, 11) is 0. The first-order valence-corrected chi connectivity index (χ1v) is 5.77. The van der Waals surface area contributed by atoms with E-state index in [4.69, 9.17) is 11.6 Å². The molecule has 2 rings (SSSR count). The fraction of sp³-hybridized carbons (Fsp3) is 0.750. The lowest BCUT2D eigenvalue weighted by molar-refractivity contribution is 0.383. The molecule has 1 atom stereocenters. The molecule has 4 nitrogen and oxygen atoms in total. The Morgan fingerprint density at radius 2 is 2.57 bits per heavy atom. The number of nitrogens with one attached hydrogen (secondary N) is 2. The van der Waals surface area contributed by atoms with Crippen molar-refractivity contribution in [1.82, 2.24) is 20.2 Å². The molecule has 1 aromatic rings. The molecule has 1 unspecified atom stereocenters. The van der Waals surface area contributed by atoms with Crippen LogP contribution < -0.4 is 10.6 Å². The topological polar surface area (TPSA) is 49.8 Å². The molecule has 0 spiro atoms. The van der Waals surface area contributed by atoms with Crippen LogP contribution in [-0.4, -0.2) is 28.2 Å². The number of aromatic nitrogens is 2.